The van der Waals surface area contributed by atoms with Crippen LogP contribution in [-0.4, -0.2) is 11.1 Å². The smallest absolute Gasteiger partial charge is 0.412 e. The number of rotatable bonds is 3. The van der Waals surface area contributed by atoms with Crippen LogP contribution >= 0.6 is 11.6 Å². The molecular formula is C14H10ClN3O2. The van der Waals surface area contributed by atoms with Crippen molar-refractivity contribution in [2.75, 3.05) is 5.32 Å². The molecule has 2 rings (SSSR count). The average Bonchev–Trinajstić information content (AvgIpc) is 2.48. The van der Waals surface area contributed by atoms with Crippen molar-refractivity contribution in [2.24, 2.45) is 0 Å². The van der Waals surface area contributed by atoms with Crippen molar-refractivity contribution in [2.45, 2.75) is 6.61 Å². The maximum absolute atomic E-state index is 11.6. The highest BCUT2D eigenvalue weighted by Gasteiger charge is 2.09. The molecule has 1 aromatic carbocycles. The summed E-state index contributed by atoms with van der Waals surface area (Å²) in [6.45, 7) is 0.148. The van der Waals surface area contributed by atoms with Crippen LogP contribution in [0.15, 0.2) is 42.6 Å². The van der Waals surface area contributed by atoms with E-state index in [1.165, 1.54) is 12.3 Å². The Balaban J connectivity index is 1.97. The first-order valence-electron chi connectivity index (χ1n) is 5.72. The molecule has 2 aromatic rings. The van der Waals surface area contributed by atoms with E-state index in [4.69, 9.17) is 21.6 Å². The minimum Gasteiger partial charge on any atom is -0.444 e. The van der Waals surface area contributed by atoms with Crippen molar-refractivity contribution in [1.29, 1.82) is 5.26 Å². The van der Waals surface area contributed by atoms with Crippen molar-refractivity contribution in [3.63, 3.8) is 0 Å². The van der Waals surface area contributed by atoms with Crippen LogP contribution in [0.2, 0.25) is 5.15 Å². The van der Waals surface area contributed by atoms with Gasteiger partial charge in [0.15, 0.2) is 0 Å². The third-order valence-corrected chi connectivity index (χ3v) is 2.65. The van der Waals surface area contributed by atoms with Crippen LogP contribution in [0.4, 0.5) is 10.5 Å². The molecule has 1 heterocycles. The second-order valence-corrected chi connectivity index (χ2v) is 4.24. The van der Waals surface area contributed by atoms with Crippen molar-refractivity contribution >= 4 is 23.4 Å². The lowest BCUT2D eigenvalue weighted by atomic mass is 10.2. The van der Waals surface area contributed by atoms with Crippen LogP contribution in [0, 0.1) is 11.3 Å². The van der Waals surface area contributed by atoms with Gasteiger partial charge in [-0.15, -0.1) is 0 Å². The Morgan fingerprint density at radius 2 is 2.15 bits per heavy atom. The summed E-state index contributed by atoms with van der Waals surface area (Å²) >= 11 is 5.67. The minimum absolute atomic E-state index is 0.148. The van der Waals surface area contributed by atoms with E-state index in [1.807, 2.05) is 36.4 Å². The van der Waals surface area contributed by atoms with E-state index in [-0.39, 0.29) is 23.0 Å². The Morgan fingerprint density at radius 3 is 2.85 bits per heavy atom. The van der Waals surface area contributed by atoms with Crippen molar-refractivity contribution in [1.82, 2.24) is 4.98 Å². The molecule has 0 saturated heterocycles. The first-order chi connectivity index (χ1) is 9.69. The normalized spacial score (nSPS) is 9.60. The lowest BCUT2D eigenvalue weighted by molar-refractivity contribution is 0.155. The number of aromatic nitrogens is 1. The number of hydrogen-bond acceptors (Lipinski definition) is 4. The lowest BCUT2D eigenvalue weighted by Gasteiger charge is -2.08. The Kier molecular flexibility index (Phi) is 4.53. The van der Waals surface area contributed by atoms with E-state index >= 15 is 0 Å². The summed E-state index contributed by atoms with van der Waals surface area (Å²) in [5, 5.41) is 11.6. The topological polar surface area (TPSA) is 75.0 Å². The van der Waals surface area contributed by atoms with Gasteiger partial charge in [-0.2, -0.15) is 5.26 Å². The first-order valence-corrected chi connectivity index (χ1v) is 6.10. The molecule has 6 heteroatoms. The van der Waals surface area contributed by atoms with Gasteiger partial charge >= 0.3 is 6.09 Å². The van der Waals surface area contributed by atoms with Gasteiger partial charge in [0.05, 0.1) is 17.4 Å². The van der Waals surface area contributed by atoms with Crippen LogP contribution in [-0.2, 0) is 11.3 Å². The largest absolute Gasteiger partial charge is 0.444 e. The zero-order valence-corrected chi connectivity index (χ0v) is 11.1. The number of carbonyl (C=O) groups is 1. The third-order valence-electron chi connectivity index (χ3n) is 2.44. The molecule has 1 amide bonds. The number of hydrogen-bond donors (Lipinski definition) is 1. The summed E-state index contributed by atoms with van der Waals surface area (Å²) in [4.78, 5) is 15.4. The Hall–Kier alpha value is -2.58. The summed E-state index contributed by atoms with van der Waals surface area (Å²) in [5.74, 6) is 0. The summed E-state index contributed by atoms with van der Waals surface area (Å²) in [5.41, 5.74) is 1.36. The van der Waals surface area contributed by atoms with Gasteiger partial charge < -0.3 is 4.74 Å². The fourth-order valence-corrected chi connectivity index (χ4v) is 1.65. The molecule has 0 spiro atoms. The number of nitriles is 1. The van der Waals surface area contributed by atoms with E-state index in [0.29, 0.717) is 0 Å². The Morgan fingerprint density at radius 1 is 1.40 bits per heavy atom. The number of nitrogens with one attached hydrogen (secondary N) is 1. The van der Waals surface area contributed by atoms with Crippen LogP contribution in [0.25, 0.3) is 0 Å². The number of amides is 1. The minimum atomic E-state index is -0.658. The van der Waals surface area contributed by atoms with Crippen LogP contribution in [0.5, 0.6) is 0 Å². The van der Waals surface area contributed by atoms with Gasteiger partial charge in [-0.3, -0.25) is 5.32 Å². The van der Waals surface area contributed by atoms with Gasteiger partial charge in [0.2, 0.25) is 0 Å². The molecule has 100 valence electrons. The second-order valence-electron chi connectivity index (χ2n) is 3.85. The number of nitrogens with zero attached hydrogens (tertiary/aromatic N) is 2. The zero-order valence-electron chi connectivity index (χ0n) is 10.3. The fourth-order valence-electron chi connectivity index (χ4n) is 1.49. The number of halogens is 1. The van der Waals surface area contributed by atoms with E-state index < -0.39 is 6.09 Å². The quantitative estimate of drug-likeness (QED) is 0.878. The van der Waals surface area contributed by atoms with Crippen LogP contribution in [0.3, 0.4) is 0 Å². The van der Waals surface area contributed by atoms with Crippen LogP contribution in [0.1, 0.15) is 11.1 Å². The van der Waals surface area contributed by atoms with Crippen molar-refractivity contribution in [3.05, 3.63) is 58.9 Å². The summed E-state index contributed by atoms with van der Waals surface area (Å²) in [6, 6.07) is 12.6. The zero-order chi connectivity index (χ0) is 14.4. The van der Waals surface area contributed by atoms with Gasteiger partial charge in [-0.05, 0) is 11.6 Å². The molecule has 5 nitrogen and oxygen atoms in total. The number of benzene rings is 1. The van der Waals surface area contributed by atoms with Gasteiger partial charge in [0, 0.05) is 0 Å². The maximum atomic E-state index is 11.6. The molecule has 0 unspecified atom stereocenters. The number of ether oxygens (including phenoxy) is 1. The summed E-state index contributed by atoms with van der Waals surface area (Å²) in [7, 11) is 0. The number of anilines is 1. The Bertz CT molecular complexity index is 653. The molecule has 0 aliphatic rings. The molecular weight excluding hydrogens is 278 g/mol. The van der Waals surface area contributed by atoms with E-state index in [1.54, 1.807) is 0 Å². The third kappa shape index (κ3) is 3.70. The van der Waals surface area contributed by atoms with Gasteiger partial charge in [-0.25, -0.2) is 9.78 Å². The predicted molar refractivity (Wildman–Crippen MR) is 74.2 cm³/mol. The first kappa shape index (κ1) is 13.8. The van der Waals surface area contributed by atoms with Crippen molar-refractivity contribution < 1.29 is 9.53 Å². The van der Waals surface area contributed by atoms with E-state index in [0.717, 1.165) is 5.56 Å². The molecule has 0 saturated carbocycles. The molecule has 0 radical (unpaired) electrons. The lowest BCUT2D eigenvalue weighted by Crippen LogP contribution is -2.14. The van der Waals surface area contributed by atoms with E-state index in [9.17, 15) is 4.79 Å². The van der Waals surface area contributed by atoms with E-state index in [2.05, 4.69) is 10.3 Å². The highest BCUT2D eigenvalue weighted by Crippen LogP contribution is 2.17. The molecule has 0 fully saturated rings. The molecule has 1 aromatic heterocycles. The van der Waals surface area contributed by atoms with Gasteiger partial charge in [-0.1, -0.05) is 41.9 Å². The molecule has 1 N–H and O–H groups in total. The maximum Gasteiger partial charge on any atom is 0.412 e. The molecule has 0 bridgehead atoms. The number of carbonyl (C=O) groups excluding carboxylic acids is 1. The summed E-state index contributed by atoms with van der Waals surface area (Å²) in [6.07, 6.45) is 0.652. The standard InChI is InChI=1S/C14H10ClN3O2/c15-13-6-11(7-16)12(8-17-13)18-14(19)20-9-10-4-2-1-3-5-10/h1-6,8H,9H2,(H,18,19). The predicted octanol–water partition coefficient (Wildman–Crippen LogP) is 3.36. The highest BCUT2D eigenvalue weighted by molar-refractivity contribution is 6.29. The molecule has 0 aliphatic carbocycles. The Labute approximate surface area is 120 Å². The molecule has 20 heavy (non-hydrogen) atoms. The highest BCUT2D eigenvalue weighted by atomic mass is 35.5. The SMILES string of the molecule is N#Cc1cc(Cl)ncc1NC(=O)OCc1ccccc1. The van der Waals surface area contributed by atoms with Crippen LogP contribution < -0.4 is 5.32 Å². The molecule has 0 aliphatic heterocycles. The van der Waals surface area contributed by atoms with Crippen molar-refractivity contribution in [3.8, 4) is 6.07 Å². The average molecular weight is 288 g/mol. The monoisotopic (exact) mass is 287 g/mol. The fraction of sp³-hybridized carbons (Fsp3) is 0.0714. The molecule has 0 atom stereocenters. The number of pyridine rings is 1. The second kappa shape index (κ2) is 6.55. The van der Waals surface area contributed by atoms with Gasteiger partial charge in [0.25, 0.3) is 0 Å². The van der Waals surface area contributed by atoms with Gasteiger partial charge in [0.1, 0.15) is 17.8 Å². The summed E-state index contributed by atoms with van der Waals surface area (Å²) < 4.78 is 5.04.